The van der Waals surface area contributed by atoms with E-state index in [1.807, 2.05) is 0 Å². The number of ether oxygens (including phenoxy) is 1. The second-order valence-electron chi connectivity index (χ2n) is 6.41. The highest BCUT2D eigenvalue weighted by molar-refractivity contribution is 6.31. The average Bonchev–Trinajstić information content (AvgIpc) is 2.65. The Bertz CT molecular complexity index is 697. The molecule has 0 saturated carbocycles. The van der Waals surface area contributed by atoms with E-state index in [4.69, 9.17) is 21.4 Å². The molecule has 1 atom stereocenters. The largest absolute Gasteiger partial charge is 0.481 e. The Morgan fingerprint density at radius 3 is 2.69 bits per heavy atom. The third kappa shape index (κ3) is 4.02. The number of nitrogens with zero attached hydrogens (tertiary/aromatic N) is 2. The SMILES string of the molecule is O=C(O)C1CCCN(C(=O)Nc2ccc(Cl)c(F)c2N2CCOCC2)C1. The van der Waals surface area contributed by atoms with Gasteiger partial charge in [0.1, 0.15) is 0 Å². The maximum atomic E-state index is 14.7. The Hall–Kier alpha value is -2.06. The van der Waals surface area contributed by atoms with Crippen LogP contribution in [0.15, 0.2) is 12.1 Å². The molecule has 1 aromatic carbocycles. The molecular weight excluding hydrogens is 365 g/mol. The van der Waals surface area contributed by atoms with Gasteiger partial charge in [-0.05, 0) is 25.0 Å². The van der Waals surface area contributed by atoms with E-state index in [-0.39, 0.29) is 17.3 Å². The van der Waals surface area contributed by atoms with E-state index in [9.17, 15) is 14.0 Å². The smallest absolute Gasteiger partial charge is 0.321 e. The first-order valence-electron chi connectivity index (χ1n) is 8.57. The van der Waals surface area contributed by atoms with Gasteiger partial charge in [-0.2, -0.15) is 0 Å². The molecular formula is C17H21ClFN3O4. The number of carbonyl (C=O) groups excluding carboxylic acids is 1. The molecule has 2 aliphatic rings. The molecule has 2 aliphatic heterocycles. The molecule has 1 unspecified atom stereocenters. The number of benzene rings is 1. The van der Waals surface area contributed by atoms with Crippen LogP contribution in [-0.4, -0.2) is 61.4 Å². The van der Waals surface area contributed by atoms with Gasteiger partial charge in [-0.15, -0.1) is 0 Å². The Balaban J connectivity index is 1.79. The van der Waals surface area contributed by atoms with Gasteiger partial charge < -0.3 is 25.0 Å². The summed E-state index contributed by atoms with van der Waals surface area (Å²) in [5.41, 5.74) is 0.553. The molecule has 2 saturated heterocycles. The zero-order valence-corrected chi connectivity index (χ0v) is 15.0. The second kappa shape index (κ2) is 8.09. The molecule has 0 spiro atoms. The minimum absolute atomic E-state index is 0.0200. The number of hydrogen-bond donors (Lipinski definition) is 2. The van der Waals surface area contributed by atoms with Crippen LogP contribution in [0.2, 0.25) is 5.02 Å². The molecule has 3 rings (SSSR count). The lowest BCUT2D eigenvalue weighted by Gasteiger charge is -2.33. The summed E-state index contributed by atoms with van der Waals surface area (Å²) in [6, 6.07) is 2.52. The number of nitrogens with one attached hydrogen (secondary N) is 1. The van der Waals surface area contributed by atoms with E-state index in [1.54, 1.807) is 11.0 Å². The molecule has 26 heavy (non-hydrogen) atoms. The summed E-state index contributed by atoms with van der Waals surface area (Å²) < 4.78 is 19.9. The summed E-state index contributed by atoms with van der Waals surface area (Å²) in [4.78, 5) is 27.0. The first-order valence-corrected chi connectivity index (χ1v) is 8.94. The number of morpholine rings is 1. The minimum atomic E-state index is -0.908. The van der Waals surface area contributed by atoms with Crippen LogP contribution in [-0.2, 0) is 9.53 Å². The molecule has 2 N–H and O–H groups in total. The quantitative estimate of drug-likeness (QED) is 0.835. The van der Waals surface area contributed by atoms with Crippen LogP contribution >= 0.6 is 11.6 Å². The number of carboxylic acid groups (broad SMARTS) is 1. The van der Waals surface area contributed by atoms with Gasteiger partial charge in [0.2, 0.25) is 0 Å². The summed E-state index contributed by atoms with van der Waals surface area (Å²) in [6.07, 6.45) is 1.17. The fourth-order valence-electron chi connectivity index (χ4n) is 3.29. The molecule has 7 nitrogen and oxygen atoms in total. The predicted molar refractivity (Wildman–Crippen MR) is 95.4 cm³/mol. The van der Waals surface area contributed by atoms with Crippen molar-refractivity contribution in [1.82, 2.24) is 4.90 Å². The number of carbonyl (C=O) groups is 2. The predicted octanol–water partition coefficient (Wildman–Crippen LogP) is 2.64. The number of hydrogen-bond acceptors (Lipinski definition) is 4. The Morgan fingerprint density at radius 2 is 2.00 bits per heavy atom. The van der Waals surface area contributed by atoms with E-state index >= 15 is 0 Å². The zero-order chi connectivity index (χ0) is 18.7. The lowest BCUT2D eigenvalue weighted by molar-refractivity contribution is -0.143. The Morgan fingerprint density at radius 1 is 1.27 bits per heavy atom. The molecule has 142 valence electrons. The summed E-state index contributed by atoms with van der Waals surface area (Å²) >= 11 is 5.92. The number of amides is 2. The number of halogens is 2. The number of rotatable bonds is 3. The third-order valence-electron chi connectivity index (χ3n) is 4.70. The first kappa shape index (κ1) is 18.7. The number of anilines is 2. The highest BCUT2D eigenvalue weighted by Crippen LogP contribution is 2.34. The normalized spacial score (nSPS) is 20.8. The van der Waals surface area contributed by atoms with Gasteiger partial charge in [-0.3, -0.25) is 4.79 Å². The van der Waals surface area contributed by atoms with E-state index in [1.165, 1.54) is 11.0 Å². The molecule has 2 fully saturated rings. The van der Waals surface area contributed by atoms with Crippen LogP contribution in [0.25, 0.3) is 0 Å². The summed E-state index contributed by atoms with van der Waals surface area (Å²) in [5.74, 6) is -2.07. The van der Waals surface area contributed by atoms with Gasteiger partial charge in [-0.1, -0.05) is 11.6 Å². The van der Waals surface area contributed by atoms with Gasteiger partial charge in [-0.25, -0.2) is 9.18 Å². The van der Waals surface area contributed by atoms with Crippen LogP contribution in [0.4, 0.5) is 20.6 Å². The fraction of sp³-hybridized carbons (Fsp3) is 0.529. The number of urea groups is 1. The molecule has 0 aliphatic carbocycles. The second-order valence-corrected chi connectivity index (χ2v) is 6.82. The standard InChI is InChI=1S/C17H21ClFN3O4/c18-12-3-4-13(15(14(12)19)21-6-8-26-9-7-21)20-17(25)22-5-1-2-11(10-22)16(23)24/h3-4,11H,1-2,5-10H2,(H,20,25)(H,23,24). The molecule has 9 heteroatoms. The Labute approximate surface area is 155 Å². The molecule has 1 aromatic rings. The van der Waals surface area contributed by atoms with Gasteiger partial charge in [0, 0.05) is 26.2 Å². The summed E-state index contributed by atoms with van der Waals surface area (Å²) in [7, 11) is 0. The number of aliphatic carboxylic acids is 1. The van der Waals surface area contributed by atoms with Crippen molar-refractivity contribution in [3.63, 3.8) is 0 Å². The molecule has 0 radical (unpaired) electrons. The highest BCUT2D eigenvalue weighted by Gasteiger charge is 2.29. The Kier molecular flexibility index (Phi) is 5.83. The maximum Gasteiger partial charge on any atom is 0.321 e. The van der Waals surface area contributed by atoms with Crippen LogP contribution in [0, 0.1) is 11.7 Å². The highest BCUT2D eigenvalue weighted by atomic mass is 35.5. The zero-order valence-electron chi connectivity index (χ0n) is 14.2. The van der Waals surface area contributed by atoms with Crippen LogP contribution in [0.1, 0.15) is 12.8 Å². The van der Waals surface area contributed by atoms with E-state index in [0.717, 1.165) is 0 Å². The molecule has 2 heterocycles. The summed E-state index contributed by atoms with van der Waals surface area (Å²) in [6.45, 7) is 2.52. The van der Waals surface area contributed by atoms with Crippen molar-refractivity contribution in [3.8, 4) is 0 Å². The van der Waals surface area contributed by atoms with Crippen molar-refractivity contribution >= 4 is 35.0 Å². The van der Waals surface area contributed by atoms with Gasteiger partial charge >= 0.3 is 12.0 Å². The maximum absolute atomic E-state index is 14.7. The average molecular weight is 386 g/mol. The van der Waals surface area contributed by atoms with Gasteiger partial charge in [0.25, 0.3) is 0 Å². The van der Waals surface area contributed by atoms with Crippen molar-refractivity contribution in [1.29, 1.82) is 0 Å². The number of likely N-dealkylation sites (tertiary alicyclic amines) is 1. The van der Waals surface area contributed by atoms with Crippen LogP contribution in [0.5, 0.6) is 0 Å². The first-order chi connectivity index (χ1) is 12.5. The van der Waals surface area contributed by atoms with Gasteiger partial charge in [0.05, 0.1) is 35.5 Å². The molecule has 2 amide bonds. The van der Waals surface area contributed by atoms with Crippen molar-refractivity contribution in [2.24, 2.45) is 5.92 Å². The lowest BCUT2D eigenvalue weighted by atomic mass is 9.99. The van der Waals surface area contributed by atoms with Crippen LogP contribution in [0.3, 0.4) is 0 Å². The molecule has 0 aromatic heterocycles. The lowest BCUT2D eigenvalue weighted by Crippen LogP contribution is -2.44. The van der Waals surface area contributed by atoms with Crippen molar-refractivity contribution < 1.29 is 23.8 Å². The van der Waals surface area contributed by atoms with Gasteiger partial charge in [0.15, 0.2) is 5.82 Å². The van der Waals surface area contributed by atoms with Crippen molar-refractivity contribution in [2.45, 2.75) is 12.8 Å². The monoisotopic (exact) mass is 385 g/mol. The third-order valence-corrected chi connectivity index (χ3v) is 4.99. The topological polar surface area (TPSA) is 82.1 Å². The number of piperidine rings is 1. The fourth-order valence-corrected chi connectivity index (χ4v) is 3.45. The van der Waals surface area contributed by atoms with E-state index in [2.05, 4.69) is 5.32 Å². The minimum Gasteiger partial charge on any atom is -0.481 e. The van der Waals surface area contributed by atoms with Crippen molar-refractivity contribution in [3.05, 3.63) is 23.0 Å². The van der Waals surface area contributed by atoms with Crippen molar-refractivity contribution in [2.75, 3.05) is 49.6 Å². The van der Waals surface area contributed by atoms with Crippen LogP contribution < -0.4 is 10.2 Å². The molecule has 0 bridgehead atoms. The van der Waals surface area contributed by atoms with E-state index < -0.39 is 23.7 Å². The summed E-state index contributed by atoms with van der Waals surface area (Å²) in [5, 5.41) is 11.9. The van der Waals surface area contributed by atoms with E-state index in [0.29, 0.717) is 51.4 Å². The number of carboxylic acids is 1.